The summed E-state index contributed by atoms with van der Waals surface area (Å²) in [5, 5.41) is 61.0. The van der Waals surface area contributed by atoms with Gasteiger partial charge in [0.15, 0.2) is 5.78 Å². The van der Waals surface area contributed by atoms with E-state index in [9.17, 15) is 54.0 Å². The number of aliphatic hydroxyl groups is 2. The normalized spacial score (nSPS) is 23.5. The number of nitrogens with one attached hydrogen (secondary N) is 7. The predicted octanol–water partition coefficient (Wildman–Crippen LogP) is 0.183. The van der Waals surface area contributed by atoms with Crippen molar-refractivity contribution in [1.29, 1.82) is 0 Å². The van der Waals surface area contributed by atoms with E-state index >= 15 is 0 Å². The number of carbonyl (C=O) groups excluding carboxylic acids is 6. The number of amides is 6. The summed E-state index contributed by atoms with van der Waals surface area (Å²) >= 11 is 1.79. The average Bonchev–Trinajstić information content (AvgIpc) is 3.86. The minimum atomic E-state index is -1.68. The average molecular weight is 918 g/mol. The molecule has 3 aromatic rings. The van der Waals surface area contributed by atoms with E-state index in [1.807, 2.05) is 0 Å². The standard InChI is InChI=1S/C44H51N7O13S/c52-28-16-10-24(11-17-28)18-30(42(60)61)63-43-38(49-27-14-12-26(13-15-27)39(57)25-6-2-1-3-7-25)41(59)40(58)31(64-43)19-45-34(54)21-47-36(56)22-48-35(55)20-46-33(53)9-5-4-8-32-37-29(23-65-32)50-44(62)51-37/h1-3,6-7,10-18,29,31-32,37-38,40-41,43,49,52,58-59H,4-5,8-9,19-23H2,(H,45,54)(H,46,53)(H,47,56)(H,48,55)(H,60,61)(H2,50,51,62)/b30-18-/t29?,31-,32?,37?,38-,40+,41-,43-/m1/s1. The van der Waals surface area contributed by atoms with E-state index in [2.05, 4.69) is 37.2 Å². The van der Waals surface area contributed by atoms with Crippen LogP contribution >= 0.6 is 11.8 Å². The lowest BCUT2D eigenvalue weighted by Crippen LogP contribution is -2.63. The Bertz CT molecular complexity index is 2210. The van der Waals surface area contributed by atoms with E-state index in [4.69, 9.17) is 9.47 Å². The second-order valence-corrected chi connectivity index (χ2v) is 16.8. The Morgan fingerprint density at radius 2 is 1.40 bits per heavy atom. The number of ether oxygens (including phenoxy) is 2. The number of benzene rings is 3. The summed E-state index contributed by atoms with van der Waals surface area (Å²) in [4.78, 5) is 86.5. The number of urea groups is 1. The smallest absolute Gasteiger partial charge is 0.371 e. The maximum Gasteiger partial charge on any atom is 0.371 e. The first-order chi connectivity index (χ1) is 31.2. The molecule has 0 aromatic heterocycles. The van der Waals surface area contributed by atoms with Crippen molar-refractivity contribution in [3.8, 4) is 5.75 Å². The molecule has 20 nitrogen and oxygen atoms in total. The number of anilines is 1. The molecule has 3 aliphatic heterocycles. The SMILES string of the molecule is O=C(CCCCC1SCC2NC(=O)NC21)NCC(=O)NCC(=O)NCC(=O)NC[C@H]1O[C@@H](O/C(=C\c2ccc(O)cc2)C(=O)O)[C@H](Nc2ccc(C(=O)c3ccccc3)cc2)[C@@H](O)[C@H]1O. The van der Waals surface area contributed by atoms with Crippen LogP contribution in [0.5, 0.6) is 5.75 Å². The van der Waals surface area contributed by atoms with Crippen LogP contribution in [0, 0.1) is 0 Å². The molecule has 8 atom stereocenters. The molecule has 65 heavy (non-hydrogen) atoms. The molecule has 346 valence electrons. The van der Waals surface area contributed by atoms with Crippen molar-refractivity contribution in [3.63, 3.8) is 0 Å². The molecule has 0 saturated carbocycles. The van der Waals surface area contributed by atoms with Gasteiger partial charge in [-0.3, -0.25) is 24.0 Å². The van der Waals surface area contributed by atoms with Gasteiger partial charge < -0.3 is 67.1 Å². The van der Waals surface area contributed by atoms with E-state index in [0.29, 0.717) is 28.8 Å². The predicted molar refractivity (Wildman–Crippen MR) is 235 cm³/mol. The van der Waals surface area contributed by atoms with Gasteiger partial charge in [0.25, 0.3) is 0 Å². The number of aliphatic hydroxyl groups excluding tert-OH is 2. The third kappa shape index (κ3) is 13.7. The molecule has 21 heteroatoms. The first kappa shape index (κ1) is 47.8. The van der Waals surface area contributed by atoms with Crippen LogP contribution in [0.15, 0.2) is 84.6 Å². The van der Waals surface area contributed by atoms with E-state index in [1.54, 1.807) is 66.4 Å². The van der Waals surface area contributed by atoms with Crippen LogP contribution in [0.2, 0.25) is 0 Å². The van der Waals surface area contributed by atoms with Gasteiger partial charge in [0.1, 0.15) is 30.1 Å². The minimum Gasteiger partial charge on any atom is -0.508 e. The van der Waals surface area contributed by atoms with Gasteiger partial charge in [-0.05, 0) is 60.9 Å². The lowest BCUT2D eigenvalue weighted by Gasteiger charge is -2.43. The number of aromatic hydroxyl groups is 1. The highest BCUT2D eigenvalue weighted by atomic mass is 32.2. The Kier molecular flexibility index (Phi) is 16.8. The summed E-state index contributed by atoms with van der Waals surface area (Å²) in [6.07, 6.45) is -2.70. The molecule has 3 aliphatic rings. The summed E-state index contributed by atoms with van der Waals surface area (Å²) in [5.41, 5.74) is 1.54. The molecular formula is C44H51N7O13S. The molecule has 0 aliphatic carbocycles. The molecule has 3 fully saturated rings. The van der Waals surface area contributed by atoms with Gasteiger partial charge >= 0.3 is 12.0 Å². The Labute approximate surface area is 377 Å². The molecule has 3 aromatic carbocycles. The molecule has 3 heterocycles. The fraction of sp³-hybridized carbons (Fsp3) is 0.386. The first-order valence-electron chi connectivity index (χ1n) is 20.9. The van der Waals surface area contributed by atoms with Crippen LogP contribution in [0.3, 0.4) is 0 Å². The van der Waals surface area contributed by atoms with Crippen LogP contribution in [0.25, 0.3) is 6.08 Å². The highest BCUT2D eigenvalue weighted by Gasteiger charge is 2.47. The van der Waals surface area contributed by atoms with Gasteiger partial charge in [-0.1, -0.05) is 48.9 Å². The van der Waals surface area contributed by atoms with Crippen molar-refractivity contribution < 1.29 is 63.5 Å². The Balaban J connectivity index is 0.960. The van der Waals surface area contributed by atoms with Crippen LogP contribution < -0.4 is 37.2 Å². The maximum absolute atomic E-state index is 12.9. The molecule has 0 radical (unpaired) electrons. The number of carbonyl (C=O) groups is 7. The van der Waals surface area contributed by atoms with Crippen LogP contribution in [-0.4, -0.2) is 142 Å². The summed E-state index contributed by atoms with van der Waals surface area (Å²) in [6, 6.07) is 19.1. The summed E-state index contributed by atoms with van der Waals surface area (Å²) in [7, 11) is 0. The number of hydrogen-bond donors (Lipinski definition) is 11. The minimum absolute atomic E-state index is 0.0569. The molecule has 11 N–H and O–H groups in total. The highest BCUT2D eigenvalue weighted by Crippen LogP contribution is 2.33. The number of hydrogen-bond acceptors (Lipinski definition) is 14. The van der Waals surface area contributed by atoms with Gasteiger partial charge in [0.05, 0.1) is 31.7 Å². The van der Waals surface area contributed by atoms with Crippen molar-refractivity contribution in [2.24, 2.45) is 0 Å². The third-order valence-corrected chi connectivity index (χ3v) is 12.3. The number of phenols is 1. The molecule has 3 unspecified atom stereocenters. The summed E-state index contributed by atoms with van der Waals surface area (Å²) in [6.45, 7) is -1.82. The number of rotatable bonds is 21. The number of phenolic OH excluding ortho intramolecular Hbond substituents is 1. The maximum atomic E-state index is 12.9. The highest BCUT2D eigenvalue weighted by molar-refractivity contribution is 8.00. The lowest BCUT2D eigenvalue weighted by molar-refractivity contribution is -0.243. The van der Waals surface area contributed by atoms with Gasteiger partial charge in [-0.15, -0.1) is 0 Å². The van der Waals surface area contributed by atoms with E-state index < -0.39 is 79.7 Å². The number of carboxylic acid groups (broad SMARTS) is 1. The monoisotopic (exact) mass is 917 g/mol. The molecular weight excluding hydrogens is 867 g/mol. The van der Waals surface area contributed by atoms with Crippen LogP contribution in [0.4, 0.5) is 10.5 Å². The molecule has 0 bridgehead atoms. The van der Waals surface area contributed by atoms with E-state index in [0.717, 1.165) is 24.7 Å². The van der Waals surface area contributed by atoms with Gasteiger partial charge in [0, 0.05) is 40.8 Å². The second-order valence-electron chi connectivity index (χ2n) is 15.5. The summed E-state index contributed by atoms with van der Waals surface area (Å²) in [5.74, 6) is -3.97. The van der Waals surface area contributed by atoms with Crippen molar-refractivity contribution in [2.45, 2.75) is 73.7 Å². The largest absolute Gasteiger partial charge is 0.508 e. The van der Waals surface area contributed by atoms with Crippen LogP contribution in [0.1, 0.15) is 47.2 Å². The first-order valence-corrected chi connectivity index (χ1v) is 21.9. The number of thioether (sulfide) groups is 1. The van der Waals surface area contributed by atoms with E-state index in [1.165, 1.54) is 24.3 Å². The Hall–Kier alpha value is -6.68. The number of aliphatic carboxylic acids is 1. The van der Waals surface area contributed by atoms with Crippen LogP contribution in [-0.2, 0) is 33.4 Å². The van der Waals surface area contributed by atoms with Crippen molar-refractivity contribution in [1.82, 2.24) is 31.9 Å². The zero-order valence-corrected chi connectivity index (χ0v) is 35.8. The fourth-order valence-electron chi connectivity index (χ4n) is 7.31. The Morgan fingerprint density at radius 3 is 2.06 bits per heavy atom. The van der Waals surface area contributed by atoms with Crippen molar-refractivity contribution in [2.75, 3.05) is 37.2 Å². The summed E-state index contributed by atoms with van der Waals surface area (Å²) < 4.78 is 11.8. The number of fused-ring (bicyclic) bond motifs is 1. The number of unbranched alkanes of at least 4 members (excludes halogenated alkanes) is 1. The Morgan fingerprint density at radius 1 is 0.769 bits per heavy atom. The number of carboxylic acids is 1. The van der Waals surface area contributed by atoms with Gasteiger partial charge in [-0.25, -0.2) is 9.59 Å². The second kappa shape index (κ2) is 22.8. The van der Waals surface area contributed by atoms with Crippen molar-refractivity contribution in [3.05, 3.63) is 101 Å². The fourth-order valence-corrected chi connectivity index (χ4v) is 8.86. The van der Waals surface area contributed by atoms with Gasteiger partial charge in [-0.2, -0.15) is 11.8 Å². The molecule has 0 spiro atoms. The van der Waals surface area contributed by atoms with E-state index in [-0.39, 0.29) is 53.8 Å². The topological polar surface area (TPSA) is 303 Å². The lowest BCUT2D eigenvalue weighted by atomic mass is 9.96. The molecule has 6 rings (SSSR count). The zero-order chi connectivity index (χ0) is 46.5. The number of ketones is 1. The van der Waals surface area contributed by atoms with Crippen molar-refractivity contribution >= 4 is 64.9 Å². The molecule has 3 saturated heterocycles. The quantitative estimate of drug-likeness (QED) is 0.0224. The van der Waals surface area contributed by atoms with Gasteiger partial charge in [0.2, 0.25) is 35.7 Å². The third-order valence-electron chi connectivity index (χ3n) is 10.8. The zero-order valence-electron chi connectivity index (χ0n) is 34.9. The molecule has 6 amide bonds.